The van der Waals surface area contributed by atoms with Crippen LogP contribution in [0.5, 0.6) is 0 Å². The minimum atomic E-state index is 0.230. The molecule has 0 bridgehead atoms. The molecular formula is C17H17NO. The number of hydrogen-bond donors (Lipinski definition) is 0. The van der Waals surface area contributed by atoms with Crippen molar-refractivity contribution in [2.75, 3.05) is 0 Å². The first kappa shape index (κ1) is 12.0. The molecule has 1 atom stereocenters. The van der Waals surface area contributed by atoms with Crippen molar-refractivity contribution >= 4 is 5.91 Å². The summed E-state index contributed by atoms with van der Waals surface area (Å²) < 4.78 is 0. The number of amides is 1. The average Bonchev–Trinajstić information content (AvgIpc) is 2.82. The lowest BCUT2D eigenvalue weighted by Gasteiger charge is -2.25. The van der Waals surface area contributed by atoms with Crippen LogP contribution in [0.25, 0.3) is 0 Å². The van der Waals surface area contributed by atoms with Crippen LogP contribution in [0.2, 0.25) is 0 Å². The zero-order valence-electron chi connectivity index (χ0n) is 10.8. The molecule has 1 saturated heterocycles. The first-order valence-corrected chi connectivity index (χ1v) is 6.73. The molecule has 0 saturated carbocycles. The van der Waals surface area contributed by atoms with E-state index in [1.165, 1.54) is 11.1 Å². The van der Waals surface area contributed by atoms with Crippen molar-refractivity contribution in [3.8, 4) is 0 Å². The van der Waals surface area contributed by atoms with Gasteiger partial charge >= 0.3 is 0 Å². The van der Waals surface area contributed by atoms with Gasteiger partial charge in [-0.1, -0.05) is 60.7 Å². The van der Waals surface area contributed by atoms with Crippen LogP contribution in [0.15, 0.2) is 60.7 Å². The lowest BCUT2D eigenvalue weighted by atomic mass is 10.0. The molecule has 0 spiro atoms. The molecular weight excluding hydrogens is 234 g/mol. The van der Waals surface area contributed by atoms with E-state index in [0.29, 0.717) is 13.0 Å². The van der Waals surface area contributed by atoms with Gasteiger partial charge in [-0.25, -0.2) is 0 Å². The Balaban J connectivity index is 1.83. The number of nitrogens with zero attached hydrogens (tertiary/aromatic N) is 1. The molecule has 1 aliphatic heterocycles. The largest absolute Gasteiger partial charge is 0.331 e. The number of likely N-dealkylation sites (tertiary alicyclic amines) is 1. The van der Waals surface area contributed by atoms with Gasteiger partial charge in [0.05, 0.1) is 6.04 Å². The number of rotatable bonds is 3. The third-order valence-corrected chi connectivity index (χ3v) is 3.71. The smallest absolute Gasteiger partial charge is 0.223 e. The van der Waals surface area contributed by atoms with E-state index in [2.05, 4.69) is 24.3 Å². The number of carbonyl (C=O) groups is 1. The Morgan fingerprint density at radius 1 is 0.947 bits per heavy atom. The second-order valence-electron chi connectivity index (χ2n) is 4.97. The molecule has 2 nitrogen and oxygen atoms in total. The van der Waals surface area contributed by atoms with Gasteiger partial charge in [0.1, 0.15) is 0 Å². The van der Waals surface area contributed by atoms with Gasteiger partial charge in [0.25, 0.3) is 0 Å². The molecule has 1 amide bonds. The SMILES string of the molecule is O=C1CCC(c2ccccc2)N1Cc1ccccc1. The van der Waals surface area contributed by atoms with E-state index in [-0.39, 0.29) is 11.9 Å². The second kappa shape index (κ2) is 5.27. The van der Waals surface area contributed by atoms with Crippen molar-refractivity contribution in [2.24, 2.45) is 0 Å². The van der Waals surface area contributed by atoms with Crippen LogP contribution >= 0.6 is 0 Å². The predicted molar refractivity (Wildman–Crippen MR) is 75.4 cm³/mol. The Bertz CT molecular complexity index is 550. The molecule has 1 heterocycles. The van der Waals surface area contributed by atoms with E-state index in [4.69, 9.17) is 0 Å². The molecule has 0 aliphatic carbocycles. The zero-order chi connectivity index (χ0) is 13.1. The summed E-state index contributed by atoms with van der Waals surface area (Å²) in [5.74, 6) is 0.262. The summed E-state index contributed by atoms with van der Waals surface area (Å²) in [6.45, 7) is 0.708. The second-order valence-corrected chi connectivity index (χ2v) is 4.97. The predicted octanol–water partition coefficient (Wildman–Crippen LogP) is 3.55. The van der Waals surface area contributed by atoms with Crippen molar-refractivity contribution < 1.29 is 4.79 Å². The molecule has 3 rings (SSSR count). The minimum absolute atomic E-state index is 0.230. The molecule has 1 unspecified atom stereocenters. The van der Waals surface area contributed by atoms with E-state index in [9.17, 15) is 4.79 Å². The summed E-state index contributed by atoms with van der Waals surface area (Å²) in [5.41, 5.74) is 2.43. The molecule has 19 heavy (non-hydrogen) atoms. The quantitative estimate of drug-likeness (QED) is 0.817. The summed E-state index contributed by atoms with van der Waals surface area (Å²) in [6.07, 6.45) is 1.59. The van der Waals surface area contributed by atoms with Crippen LogP contribution in [-0.2, 0) is 11.3 Å². The highest BCUT2D eigenvalue weighted by atomic mass is 16.2. The van der Waals surface area contributed by atoms with Crippen LogP contribution < -0.4 is 0 Å². The highest BCUT2D eigenvalue weighted by molar-refractivity contribution is 5.79. The van der Waals surface area contributed by atoms with Crippen molar-refractivity contribution in [1.29, 1.82) is 0 Å². The van der Waals surface area contributed by atoms with Gasteiger partial charge in [-0.15, -0.1) is 0 Å². The van der Waals surface area contributed by atoms with E-state index >= 15 is 0 Å². The first-order chi connectivity index (χ1) is 9.34. The molecule has 96 valence electrons. The molecule has 1 fully saturated rings. The summed E-state index contributed by atoms with van der Waals surface area (Å²) in [5, 5.41) is 0. The van der Waals surface area contributed by atoms with Gasteiger partial charge < -0.3 is 4.90 Å². The lowest BCUT2D eigenvalue weighted by Crippen LogP contribution is -2.27. The Morgan fingerprint density at radius 2 is 1.58 bits per heavy atom. The lowest BCUT2D eigenvalue weighted by molar-refractivity contribution is -0.129. The van der Waals surface area contributed by atoms with E-state index in [0.717, 1.165) is 6.42 Å². The van der Waals surface area contributed by atoms with Crippen LogP contribution in [0.1, 0.15) is 30.0 Å². The monoisotopic (exact) mass is 251 g/mol. The third kappa shape index (κ3) is 2.53. The first-order valence-electron chi connectivity index (χ1n) is 6.73. The summed E-state index contributed by atoms with van der Waals surface area (Å²) >= 11 is 0. The van der Waals surface area contributed by atoms with Gasteiger partial charge in [-0.3, -0.25) is 4.79 Å². The van der Waals surface area contributed by atoms with Gasteiger partial charge in [-0.05, 0) is 17.5 Å². The highest BCUT2D eigenvalue weighted by Crippen LogP contribution is 2.33. The summed E-state index contributed by atoms with van der Waals surface area (Å²) in [4.78, 5) is 14.1. The van der Waals surface area contributed by atoms with Crippen molar-refractivity contribution in [1.82, 2.24) is 4.90 Å². The molecule has 2 aromatic carbocycles. The third-order valence-electron chi connectivity index (χ3n) is 3.71. The highest BCUT2D eigenvalue weighted by Gasteiger charge is 2.31. The number of benzene rings is 2. The topological polar surface area (TPSA) is 20.3 Å². The van der Waals surface area contributed by atoms with Gasteiger partial charge in [0, 0.05) is 13.0 Å². The van der Waals surface area contributed by atoms with Gasteiger partial charge in [-0.2, -0.15) is 0 Å². The van der Waals surface area contributed by atoms with E-state index < -0.39 is 0 Å². The van der Waals surface area contributed by atoms with Crippen LogP contribution in [0.3, 0.4) is 0 Å². The maximum atomic E-state index is 12.1. The summed E-state index contributed by atoms with van der Waals surface area (Å²) in [6, 6.07) is 20.8. The molecule has 2 aromatic rings. The molecule has 0 N–H and O–H groups in total. The number of carbonyl (C=O) groups excluding carboxylic acids is 1. The Labute approximate surface area is 113 Å². The maximum absolute atomic E-state index is 12.1. The van der Waals surface area contributed by atoms with E-state index in [1.807, 2.05) is 41.3 Å². The standard InChI is InChI=1S/C17H17NO/c19-17-12-11-16(15-9-5-2-6-10-15)18(17)13-14-7-3-1-4-8-14/h1-10,16H,11-13H2. The zero-order valence-corrected chi connectivity index (χ0v) is 10.8. The minimum Gasteiger partial charge on any atom is -0.331 e. The van der Waals surface area contributed by atoms with Crippen molar-refractivity contribution in [3.63, 3.8) is 0 Å². The van der Waals surface area contributed by atoms with Crippen LogP contribution in [-0.4, -0.2) is 10.8 Å². The average molecular weight is 251 g/mol. The Morgan fingerprint density at radius 3 is 2.26 bits per heavy atom. The number of hydrogen-bond acceptors (Lipinski definition) is 1. The summed E-state index contributed by atoms with van der Waals surface area (Å²) in [7, 11) is 0. The Kier molecular flexibility index (Phi) is 3.32. The van der Waals surface area contributed by atoms with Crippen molar-refractivity contribution in [2.45, 2.75) is 25.4 Å². The molecule has 0 radical (unpaired) electrons. The molecule has 0 aromatic heterocycles. The fourth-order valence-corrected chi connectivity index (χ4v) is 2.73. The van der Waals surface area contributed by atoms with Crippen LogP contribution in [0, 0.1) is 0 Å². The van der Waals surface area contributed by atoms with E-state index in [1.54, 1.807) is 0 Å². The van der Waals surface area contributed by atoms with Gasteiger partial charge in [0.2, 0.25) is 5.91 Å². The Hall–Kier alpha value is -2.09. The molecule has 1 aliphatic rings. The van der Waals surface area contributed by atoms with Crippen LogP contribution in [0.4, 0.5) is 0 Å². The normalized spacial score (nSPS) is 18.8. The fraction of sp³-hybridized carbons (Fsp3) is 0.235. The fourth-order valence-electron chi connectivity index (χ4n) is 2.73. The van der Waals surface area contributed by atoms with Crippen molar-refractivity contribution in [3.05, 3.63) is 71.8 Å². The van der Waals surface area contributed by atoms with Gasteiger partial charge in [0.15, 0.2) is 0 Å². The molecule has 2 heteroatoms. The maximum Gasteiger partial charge on any atom is 0.223 e.